The zero-order chi connectivity index (χ0) is 13.2. The van der Waals surface area contributed by atoms with E-state index in [2.05, 4.69) is 31.1 Å². The van der Waals surface area contributed by atoms with E-state index in [1.807, 2.05) is 0 Å². The second-order valence-electron chi connectivity index (χ2n) is 6.14. The molecule has 0 aliphatic heterocycles. The van der Waals surface area contributed by atoms with Gasteiger partial charge in [-0.05, 0) is 38.3 Å². The molecule has 1 saturated carbocycles. The van der Waals surface area contributed by atoms with Crippen LogP contribution >= 0.6 is 0 Å². The Morgan fingerprint density at radius 2 is 1.72 bits per heavy atom. The lowest BCUT2D eigenvalue weighted by Gasteiger charge is -2.31. The number of rotatable bonds is 9. The van der Waals surface area contributed by atoms with Crippen LogP contribution in [-0.2, 0) is 0 Å². The zero-order valence-corrected chi connectivity index (χ0v) is 12.9. The number of hydrogen-bond acceptors (Lipinski definition) is 2. The number of nitrogens with one attached hydrogen (secondary N) is 1. The van der Waals surface area contributed by atoms with E-state index < -0.39 is 0 Å². The van der Waals surface area contributed by atoms with Crippen LogP contribution < -0.4 is 5.32 Å². The van der Waals surface area contributed by atoms with Gasteiger partial charge in [-0.15, -0.1) is 0 Å². The van der Waals surface area contributed by atoms with Gasteiger partial charge in [0.25, 0.3) is 0 Å². The van der Waals surface area contributed by atoms with Crippen molar-refractivity contribution in [2.24, 2.45) is 11.8 Å². The van der Waals surface area contributed by atoms with Crippen LogP contribution in [0.3, 0.4) is 0 Å². The molecule has 0 atom stereocenters. The van der Waals surface area contributed by atoms with Gasteiger partial charge in [-0.1, -0.05) is 46.0 Å². The quantitative estimate of drug-likeness (QED) is 0.633. The number of unbranched alkanes of at least 4 members (excludes halogenated alkanes) is 1. The van der Waals surface area contributed by atoms with Crippen molar-refractivity contribution in [2.75, 3.05) is 33.2 Å². The molecule has 0 bridgehead atoms. The molecule has 0 radical (unpaired) electrons. The molecule has 0 heterocycles. The monoisotopic (exact) mass is 254 g/mol. The van der Waals surface area contributed by atoms with Crippen molar-refractivity contribution in [3.63, 3.8) is 0 Å². The lowest BCUT2D eigenvalue weighted by atomic mass is 9.79. The van der Waals surface area contributed by atoms with Crippen LogP contribution in [0.5, 0.6) is 0 Å². The van der Waals surface area contributed by atoms with Crippen LogP contribution in [0.15, 0.2) is 0 Å². The van der Waals surface area contributed by atoms with Gasteiger partial charge in [0, 0.05) is 19.6 Å². The van der Waals surface area contributed by atoms with Gasteiger partial charge in [-0.3, -0.25) is 0 Å². The van der Waals surface area contributed by atoms with Crippen LogP contribution in [-0.4, -0.2) is 38.1 Å². The third kappa shape index (κ3) is 6.75. The third-order valence-electron chi connectivity index (χ3n) is 4.42. The molecule has 0 spiro atoms. The first kappa shape index (κ1) is 16.0. The molecule has 0 aromatic rings. The fourth-order valence-corrected chi connectivity index (χ4v) is 3.17. The predicted molar refractivity (Wildman–Crippen MR) is 81.0 cm³/mol. The van der Waals surface area contributed by atoms with E-state index in [1.165, 1.54) is 58.0 Å². The number of hydrogen-bond donors (Lipinski definition) is 1. The molecule has 1 aliphatic rings. The smallest absolute Gasteiger partial charge is 0.0104 e. The van der Waals surface area contributed by atoms with Gasteiger partial charge in [0.05, 0.1) is 0 Å². The van der Waals surface area contributed by atoms with Gasteiger partial charge in [-0.2, -0.15) is 0 Å². The molecule has 108 valence electrons. The highest BCUT2D eigenvalue weighted by atomic mass is 15.1. The minimum absolute atomic E-state index is 0.967. The summed E-state index contributed by atoms with van der Waals surface area (Å²) >= 11 is 0. The summed E-state index contributed by atoms with van der Waals surface area (Å²) < 4.78 is 0. The van der Waals surface area contributed by atoms with Crippen LogP contribution in [0.1, 0.15) is 58.8 Å². The maximum absolute atomic E-state index is 3.40. The lowest BCUT2D eigenvalue weighted by molar-refractivity contribution is 0.198. The summed E-state index contributed by atoms with van der Waals surface area (Å²) in [5.41, 5.74) is 0. The zero-order valence-electron chi connectivity index (χ0n) is 12.9. The van der Waals surface area contributed by atoms with Crippen molar-refractivity contribution in [1.82, 2.24) is 10.2 Å². The first-order valence-electron chi connectivity index (χ1n) is 8.15. The molecule has 1 aliphatic carbocycles. The van der Waals surface area contributed by atoms with Gasteiger partial charge < -0.3 is 10.2 Å². The van der Waals surface area contributed by atoms with E-state index in [4.69, 9.17) is 0 Å². The van der Waals surface area contributed by atoms with Crippen LogP contribution in [0.4, 0.5) is 0 Å². The highest BCUT2D eigenvalue weighted by Crippen LogP contribution is 2.32. The molecule has 0 amide bonds. The minimum Gasteiger partial charge on any atom is -0.316 e. The largest absolute Gasteiger partial charge is 0.316 e. The molecular formula is C16H34N2. The summed E-state index contributed by atoms with van der Waals surface area (Å²) in [5.74, 6) is 2.02. The second-order valence-corrected chi connectivity index (χ2v) is 6.14. The van der Waals surface area contributed by atoms with Crippen molar-refractivity contribution < 1.29 is 0 Å². The van der Waals surface area contributed by atoms with Gasteiger partial charge in [0.2, 0.25) is 0 Å². The Labute approximate surface area is 115 Å². The van der Waals surface area contributed by atoms with Gasteiger partial charge in [-0.25, -0.2) is 0 Å². The topological polar surface area (TPSA) is 15.3 Å². The Bertz CT molecular complexity index is 186. The van der Waals surface area contributed by atoms with E-state index in [0.29, 0.717) is 0 Å². The van der Waals surface area contributed by atoms with Crippen molar-refractivity contribution in [2.45, 2.75) is 58.8 Å². The van der Waals surface area contributed by atoms with Crippen LogP contribution in [0.2, 0.25) is 0 Å². The molecule has 2 nitrogen and oxygen atoms in total. The molecule has 0 saturated heterocycles. The van der Waals surface area contributed by atoms with E-state index in [1.54, 1.807) is 0 Å². The first-order chi connectivity index (χ1) is 8.76. The van der Waals surface area contributed by atoms with Crippen LogP contribution in [0, 0.1) is 11.8 Å². The SMILES string of the molecule is CCCCC1CCC(CN(C)CCNCC)CC1. The van der Waals surface area contributed by atoms with E-state index in [-0.39, 0.29) is 0 Å². The number of nitrogens with zero attached hydrogens (tertiary/aromatic N) is 1. The summed E-state index contributed by atoms with van der Waals surface area (Å²) in [6.07, 6.45) is 10.2. The third-order valence-corrected chi connectivity index (χ3v) is 4.42. The van der Waals surface area contributed by atoms with Gasteiger partial charge >= 0.3 is 0 Å². The molecule has 1 fully saturated rings. The van der Waals surface area contributed by atoms with Gasteiger partial charge in [0.1, 0.15) is 0 Å². The maximum Gasteiger partial charge on any atom is 0.0104 e. The second kappa shape index (κ2) is 9.80. The molecule has 0 unspecified atom stereocenters. The van der Waals surface area contributed by atoms with Crippen LogP contribution in [0.25, 0.3) is 0 Å². The summed E-state index contributed by atoms with van der Waals surface area (Å²) in [4.78, 5) is 2.51. The highest BCUT2D eigenvalue weighted by Gasteiger charge is 2.21. The molecule has 0 aromatic heterocycles. The lowest BCUT2D eigenvalue weighted by Crippen LogP contribution is -2.33. The molecule has 2 heteroatoms. The summed E-state index contributed by atoms with van der Waals surface area (Å²) in [7, 11) is 2.28. The van der Waals surface area contributed by atoms with Crippen molar-refractivity contribution in [3.05, 3.63) is 0 Å². The van der Waals surface area contributed by atoms with E-state index >= 15 is 0 Å². The molecular weight excluding hydrogens is 220 g/mol. The number of likely N-dealkylation sites (N-methyl/N-ethyl adjacent to an activating group) is 2. The predicted octanol–water partition coefficient (Wildman–Crippen LogP) is 3.52. The standard InChI is InChI=1S/C16H34N2/c1-4-6-7-15-8-10-16(11-9-15)14-18(3)13-12-17-5-2/h15-17H,4-14H2,1-3H3. The normalized spacial score (nSPS) is 24.7. The average molecular weight is 254 g/mol. The Morgan fingerprint density at radius 1 is 1.06 bits per heavy atom. The van der Waals surface area contributed by atoms with Crippen molar-refractivity contribution >= 4 is 0 Å². The Hall–Kier alpha value is -0.0800. The Kier molecular flexibility index (Phi) is 8.70. The Balaban J connectivity index is 2.07. The summed E-state index contributed by atoms with van der Waals surface area (Å²) in [6, 6.07) is 0. The fourth-order valence-electron chi connectivity index (χ4n) is 3.17. The highest BCUT2D eigenvalue weighted by molar-refractivity contribution is 4.74. The van der Waals surface area contributed by atoms with Gasteiger partial charge in [0.15, 0.2) is 0 Å². The Morgan fingerprint density at radius 3 is 2.33 bits per heavy atom. The van der Waals surface area contributed by atoms with E-state index in [0.717, 1.165) is 24.9 Å². The molecule has 18 heavy (non-hydrogen) atoms. The summed E-state index contributed by atoms with van der Waals surface area (Å²) in [6.45, 7) is 9.23. The summed E-state index contributed by atoms with van der Waals surface area (Å²) in [5, 5.41) is 3.40. The minimum atomic E-state index is 0.967. The maximum atomic E-state index is 3.40. The molecule has 1 rings (SSSR count). The molecule has 1 N–H and O–H groups in total. The fraction of sp³-hybridized carbons (Fsp3) is 1.00. The molecule has 0 aromatic carbocycles. The first-order valence-corrected chi connectivity index (χ1v) is 8.15. The van der Waals surface area contributed by atoms with E-state index in [9.17, 15) is 0 Å². The average Bonchev–Trinajstić information content (AvgIpc) is 2.38. The van der Waals surface area contributed by atoms with Crippen molar-refractivity contribution in [3.8, 4) is 0 Å². The van der Waals surface area contributed by atoms with Crippen molar-refractivity contribution in [1.29, 1.82) is 0 Å².